The zero-order valence-electron chi connectivity index (χ0n) is 14.2. The third-order valence-corrected chi connectivity index (χ3v) is 1.96. The van der Waals surface area contributed by atoms with Gasteiger partial charge in [0.25, 0.3) is 0 Å². The molecule has 0 rings (SSSR count). The maximum Gasteiger partial charge on any atom is 0.330 e. The molecule has 0 saturated heterocycles. The number of rotatable bonds is 7. The van der Waals surface area contributed by atoms with Gasteiger partial charge in [-0.25, -0.2) is 4.79 Å². The van der Waals surface area contributed by atoms with Gasteiger partial charge in [0.2, 0.25) is 11.8 Å². The van der Waals surface area contributed by atoms with Crippen LogP contribution in [0.15, 0.2) is 37.0 Å². The third-order valence-electron chi connectivity index (χ3n) is 1.96. The monoisotopic (exact) mass is 328 g/mol. The minimum atomic E-state index is -0.435. The predicted octanol–water partition coefficient (Wildman–Crippen LogP) is 1.19. The van der Waals surface area contributed by atoms with E-state index in [0.717, 1.165) is 12.8 Å². The molecular weight excluding hydrogens is 300 g/mol. The first kappa shape index (κ1) is 25.5. The van der Waals surface area contributed by atoms with Crippen LogP contribution >= 0.6 is 0 Å². The van der Waals surface area contributed by atoms with Crippen LogP contribution in [0.5, 0.6) is 0 Å². The Kier molecular flexibility index (Phi) is 19.6. The molecule has 0 spiro atoms. The Labute approximate surface area is 137 Å². The predicted molar refractivity (Wildman–Crippen MR) is 90.1 cm³/mol. The van der Waals surface area contributed by atoms with Crippen molar-refractivity contribution in [3.05, 3.63) is 37.0 Å². The number of ether oxygens (including phenoxy) is 1. The lowest BCUT2D eigenvalue weighted by Crippen LogP contribution is -2.24. The molecule has 0 aliphatic heterocycles. The molecule has 4 N–H and O–H groups in total. The van der Waals surface area contributed by atoms with Crippen LogP contribution in [-0.2, 0) is 19.1 Å². The molecule has 0 radical (unpaired) electrons. The fourth-order valence-corrected chi connectivity index (χ4v) is 0.599. The number of amides is 2. The zero-order valence-corrected chi connectivity index (χ0v) is 14.2. The van der Waals surface area contributed by atoms with E-state index in [2.05, 4.69) is 29.8 Å². The summed E-state index contributed by atoms with van der Waals surface area (Å²) in [5.41, 5.74) is 5.50. The number of nitrogens with one attached hydrogen (secondary N) is 1. The quantitative estimate of drug-likeness (QED) is 0.281. The van der Waals surface area contributed by atoms with Gasteiger partial charge < -0.3 is 20.9 Å². The van der Waals surface area contributed by atoms with E-state index in [1.165, 1.54) is 6.08 Å². The topological polar surface area (TPSA) is 119 Å². The number of aliphatic hydroxyl groups excluding tert-OH is 1. The van der Waals surface area contributed by atoms with Crippen LogP contribution in [0.4, 0.5) is 0 Å². The van der Waals surface area contributed by atoms with E-state index in [0.29, 0.717) is 17.8 Å². The third kappa shape index (κ3) is 24.9. The molecule has 0 unspecified atom stereocenters. The maximum atomic E-state index is 10.4. The van der Waals surface area contributed by atoms with Crippen molar-refractivity contribution >= 4 is 17.8 Å². The van der Waals surface area contributed by atoms with Crippen LogP contribution in [-0.4, -0.2) is 36.2 Å². The molecule has 2 amide bonds. The Morgan fingerprint density at radius 1 is 1.22 bits per heavy atom. The molecule has 23 heavy (non-hydrogen) atoms. The molecule has 0 fully saturated rings. The van der Waals surface area contributed by atoms with Gasteiger partial charge in [-0.2, -0.15) is 0 Å². The van der Waals surface area contributed by atoms with E-state index < -0.39 is 5.91 Å². The van der Waals surface area contributed by atoms with Crippen molar-refractivity contribution < 1.29 is 24.2 Å². The summed E-state index contributed by atoms with van der Waals surface area (Å²) in [4.78, 5) is 30.5. The van der Waals surface area contributed by atoms with Crippen molar-refractivity contribution in [1.29, 1.82) is 0 Å². The molecular formula is C16H28N2O5. The molecule has 0 aromatic carbocycles. The minimum absolute atomic E-state index is 0.312. The molecule has 0 bridgehead atoms. The van der Waals surface area contributed by atoms with Gasteiger partial charge in [-0.3, -0.25) is 9.59 Å². The number of aliphatic hydroxyl groups is 1. The van der Waals surface area contributed by atoms with Gasteiger partial charge in [-0.05, 0) is 20.3 Å². The lowest BCUT2D eigenvalue weighted by Gasteiger charge is -1.97. The minimum Gasteiger partial charge on any atom is -0.463 e. The summed E-state index contributed by atoms with van der Waals surface area (Å²) in [6.07, 6.45) is 3.15. The smallest absolute Gasteiger partial charge is 0.330 e. The molecule has 0 aromatic heterocycles. The molecule has 0 atom stereocenters. The van der Waals surface area contributed by atoms with Gasteiger partial charge in [-0.15, -0.1) is 0 Å². The standard InChI is InChI=1S/C7H12O2.C5H9NO2.C4H7NO/c1-3-5-6-9-7(8)4-2;1-4(2)5(8)6-3-7;1-3(2)4(5)6/h4H,2-3,5-6H2,1H3;7H,1,3H2,2H3,(H,6,8);1H2,2H3,(H2,5,6). The number of nitrogens with two attached hydrogens (primary N) is 1. The lowest BCUT2D eigenvalue weighted by molar-refractivity contribution is -0.137. The normalized spacial score (nSPS) is 8.17. The van der Waals surface area contributed by atoms with Crippen molar-refractivity contribution in [2.24, 2.45) is 5.73 Å². The van der Waals surface area contributed by atoms with E-state index in [1.54, 1.807) is 13.8 Å². The second kappa shape index (κ2) is 17.6. The maximum absolute atomic E-state index is 10.4. The highest BCUT2D eigenvalue weighted by Crippen LogP contribution is 1.88. The fraction of sp³-hybridized carbons (Fsp3) is 0.438. The van der Waals surface area contributed by atoms with Crippen molar-refractivity contribution in [2.45, 2.75) is 33.6 Å². The Morgan fingerprint density at radius 2 is 1.70 bits per heavy atom. The van der Waals surface area contributed by atoms with Gasteiger partial charge in [0.15, 0.2) is 0 Å². The molecule has 7 heteroatoms. The number of carbonyl (C=O) groups excluding carboxylic acids is 3. The number of hydrogen-bond acceptors (Lipinski definition) is 5. The number of carbonyl (C=O) groups is 3. The summed E-state index contributed by atoms with van der Waals surface area (Å²) in [5, 5.41) is 10.3. The highest BCUT2D eigenvalue weighted by molar-refractivity contribution is 5.91. The first-order valence-electron chi connectivity index (χ1n) is 6.92. The number of hydrogen-bond donors (Lipinski definition) is 3. The summed E-state index contributed by atoms with van der Waals surface area (Å²) in [6, 6.07) is 0. The van der Waals surface area contributed by atoms with Crippen LogP contribution in [0.1, 0.15) is 33.6 Å². The summed E-state index contributed by atoms with van der Waals surface area (Å²) in [7, 11) is 0. The van der Waals surface area contributed by atoms with E-state index in [9.17, 15) is 14.4 Å². The fourth-order valence-electron chi connectivity index (χ4n) is 0.599. The number of primary amides is 1. The van der Waals surface area contributed by atoms with Gasteiger partial charge in [0, 0.05) is 17.2 Å². The summed E-state index contributed by atoms with van der Waals surface area (Å²) >= 11 is 0. The first-order chi connectivity index (χ1) is 10.6. The molecule has 0 heterocycles. The SMILES string of the molecule is C=C(C)C(=O)NCO.C=C(C)C(N)=O.C=CC(=O)OCCCC. The van der Waals surface area contributed by atoms with Crippen LogP contribution in [0.25, 0.3) is 0 Å². The highest BCUT2D eigenvalue weighted by atomic mass is 16.5. The molecule has 0 aliphatic carbocycles. The Balaban J connectivity index is -0.000000266. The van der Waals surface area contributed by atoms with E-state index in [1.807, 2.05) is 6.92 Å². The Bertz CT molecular complexity index is 405. The van der Waals surface area contributed by atoms with Crippen LogP contribution in [0.2, 0.25) is 0 Å². The van der Waals surface area contributed by atoms with Crippen molar-refractivity contribution in [1.82, 2.24) is 5.32 Å². The summed E-state index contributed by atoms with van der Waals surface area (Å²) < 4.78 is 4.67. The van der Waals surface area contributed by atoms with Gasteiger partial charge >= 0.3 is 5.97 Å². The van der Waals surface area contributed by atoms with Crippen LogP contribution in [0.3, 0.4) is 0 Å². The number of esters is 1. The van der Waals surface area contributed by atoms with Gasteiger partial charge in [0.05, 0.1) is 6.61 Å². The second-order valence-electron chi connectivity index (χ2n) is 4.31. The summed E-state index contributed by atoms with van der Waals surface area (Å²) in [5.74, 6) is -1.08. The van der Waals surface area contributed by atoms with Crippen molar-refractivity contribution in [3.63, 3.8) is 0 Å². The van der Waals surface area contributed by atoms with Gasteiger partial charge in [0.1, 0.15) is 6.73 Å². The first-order valence-corrected chi connectivity index (χ1v) is 6.92. The van der Waals surface area contributed by atoms with Crippen LogP contribution < -0.4 is 11.1 Å². The molecule has 0 aliphatic rings. The van der Waals surface area contributed by atoms with E-state index >= 15 is 0 Å². The second-order valence-corrected chi connectivity index (χ2v) is 4.31. The van der Waals surface area contributed by atoms with Gasteiger partial charge in [-0.1, -0.05) is 33.1 Å². The lowest BCUT2D eigenvalue weighted by atomic mass is 10.3. The van der Waals surface area contributed by atoms with Crippen LogP contribution in [0, 0.1) is 0 Å². The van der Waals surface area contributed by atoms with E-state index in [4.69, 9.17) is 10.8 Å². The largest absolute Gasteiger partial charge is 0.463 e. The molecule has 0 saturated carbocycles. The Morgan fingerprint density at radius 3 is 1.91 bits per heavy atom. The van der Waals surface area contributed by atoms with Crippen molar-refractivity contribution in [2.75, 3.05) is 13.3 Å². The summed E-state index contributed by atoms with van der Waals surface area (Å²) in [6.45, 7) is 15.3. The van der Waals surface area contributed by atoms with Crippen molar-refractivity contribution in [3.8, 4) is 0 Å². The Hall–Kier alpha value is -2.41. The average molecular weight is 328 g/mol. The average Bonchev–Trinajstić information content (AvgIpc) is 2.48. The molecule has 0 aromatic rings. The number of unbranched alkanes of at least 4 members (excludes halogenated alkanes) is 1. The molecule has 132 valence electrons. The highest BCUT2D eigenvalue weighted by Gasteiger charge is 1.95. The molecule has 7 nitrogen and oxygen atoms in total. The van der Waals surface area contributed by atoms with E-state index in [-0.39, 0.29) is 18.6 Å². The zero-order chi connectivity index (χ0) is 18.8.